The number of amides is 1. The smallest absolute Gasteiger partial charge is 0.219 e. The summed E-state index contributed by atoms with van der Waals surface area (Å²) in [5, 5.41) is 3.97. The van der Waals surface area contributed by atoms with Crippen molar-refractivity contribution in [3.05, 3.63) is 30.0 Å². The minimum atomic E-state index is 0.114. The summed E-state index contributed by atoms with van der Waals surface area (Å²) in [7, 11) is 0. The molecule has 5 heteroatoms. The molecule has 2 rings (SSSR count). The Bertz CT molecular complexity index is 607. The fourth-order valence-electron chi connectivity index (χ4n) is 2.47. The SMILES string of the molecule is CCNC(=O)CCCCOc1ccc2[nH]cc(CCN)c2c1. The Labute approximate surface area is 131 Å². The van der Waals surface area contributed by atoms with E-state index in [0.29, 0.717) is 26.1 Å². The Balaban J connectivity index is 1.81. The lowest BCUT2D eigenvalue weighted by molar-refractivity contribution is -0.121. The van der Waals surface area contributed by atoms with Gasteiger partial charge in [-0.1, -0.05) is 0 Å². The number of benzene rings is 1. The van der Waals surface area contributed by atoms with Crippen LogP contribution in [0.1, 0.15) is 31.7 Å². The summed E-state index contributed by atoms with van der Waals surface area (Å²) >= 11 is 0. The second kappa shape index (κ2) is 8.44. The zero-order valence-corrected chi connectivity index (χ0v) is 13.2. The van der Waals surface area contributed by atoms with E-state index >= 15 is 0 Å². The zero-order chi connectivity index (χ0) is 15.8. The molecule has 0 radical (unpaired) electrons. The summed E-state index contributed by atoms with van der Waals surface area (Å²) < 4.78 is 5.78. The number of hydrogen-bond donors (Lipinski definition) is 3. The topological polar surface area (TPSA) is 80.1 Å². The number of fused-ring (bicyclic) bond motifs is 1. The number of carbonyl (C=O) groups excluding carboxylic acids is 1. The molecule has 0 aliphatic rings. The van der Waals surface area contributed by atoms with Gasteiger partial charge in [0.05, 0.1) is 6.61 Å². The van der Waals surface area contributed by atoms with Crippen LogP contribution >= 0.6 is 0 Å². The van der Waals surface area contributed by atoms with Crippen LogP contribution in [-0.2, 0) is 11.2 Å². The summed E-state index contributed by atoms with van der Waals surface area (Å²) in [5.41, 5.74) is 7.96. The summed E-state index contributed by atoms with van der Waals surface area (Å²) in [5.74, 6) is 0.978. The standard InChI is InChI=1S/C17H25N3O2/c1-2-19-17(21)5-3-4-10-22-14-6-7-16-15(11-14)13(8-9-18)12-20-16/h6-7,11-12,20H,2-5,8-10,18H2,1H3,(H,19,21). The van der Waals surface area contributed by atoms with Gasteiger partial charge in [0.1, 0.15) is 5.75 Å². The Morgan fingerprint density at radius 2 is 2.23 bits per heavy atom. The molecular formula is C17H25N3O2. The Morgan fingerprint density at radius 1 is 1.36 bits per heavy atom. The highest BCUT2D eigenvalue weighted by Crippen LogP contribution is 2.24. The number of aromatic nitrogens is 1. The van der Waals surface area contributed by atoms with Crippen molar-refractivity contribution in [3.63, 3.8) is 0 Å². The number of hydrogen-bond acceptors (Lipinski definition) is 3. The van der Waals surface area contributed by atoms with Crippen molar-refractivity contribution < 1.29 is 9.53 Å². The Kier molecular flexibility index (Phi) is 6.27. The van der Waals surface area contributed by atoms with E-state index in [2.05, 4.69) is 16.4 Å². The molecule has 0 saturated heterocycles. The summed E-state index contributed by atoms with van der Waals surface area (Å²) in [6.45, 7) is 3.88. The molecule has 0 fully saturated rings. The Hall–Kier alpha value is -2.01. The van der Waals surface area contributed by atoms with Crippen LogP contribution in [0.15, 0.2) is 24.4 Å². The molecule has 120 valence electrons. The van der Waals surface area contributed by atoms with Crippen molar-refractivity contribution in [2.24, 2.45) is 5.73 Å². The van der Waals surface area contributed by atoms with Gasteiger partial charge < -0.3 is 20.8 Å². The largest absolute Gasteiger partial charge is 0.494 e. The van der Waals surface area contributed by atoms with Crippen LogP contribution in [0.5, 0.6) is 5.75 Å². The molecule has 22 heavy (non-hydrogen) atoms. The molecule has 0 aliphatic heterocycles. The third-order valence-electron chi connectivity index (χ3n) is 3.59. The zero-order valence-electron chi connectivity index (χ0n) is 13.2. The van der Waals surface area contributed by atoms with E-state index in [1.807, 2.05) is 25.3 Å². The van der Waals surface area contributed by atoms with Crippen molar-refractivity contribution in [1.82, 2.24) is 10.3 Å². The molecule has 0 atom stereocenters. The van der Waals surface area contributed by atoms with Crippen LogP contribution in [0.25, 0.3) is 10.9 Å². The predicted octanol–water partition coefficient (Wildman–Crippen LogP) is 2.35. The second-order valence-electron chi connectivity index (χ2n) is 5.32. The van der Waals surface area contributed by atoms with Gasteiger partial charge in [0.25, 0.3) is 0 Å². The maximum Gasteiger partial charge on any atom is 0.219 e. The van der Waals surface area contributed by atoms with E-state index in [9.17, 15) is 4.79 Å². The van der Waals surface area contributed by atoms with Gasteiger partial charge in [-0.3, -0.25) is 4.79 Å². The van der Waals surface area contributed by atoms with Crippen LogP contribution in [-0.4, -0.2) is 30.6 Å². The highest BCUT2D eigenvalue weighted by Gasteiger charge is 2.05. The monoisotopic (exact) mass is 303 g/mol. The van der Waals surface area contributed by atoms with Gasteiger partial charge in [-0.2, -0.15) is 0 Å². The van der Waals surface area contributed by atoms with Gasteiger partial charge in [0.15, 0.2) is 0 Å². The maximum atomic E-state index is 11.3. The predicted molar refractivity (Wildman–Crippen MR) is 89.1 cm³/mol. The minimum absolute atomic E-state index is 0.114. The normalized spacial score (nSPS) is 10.8. The van der Waals surface area contributed by atoms with Gasteiger partial charge in [0, 0.05) is 30.1 Å². The van der Waals surface area contributed by atoms with E-state index in [1.165, 1.54) is 10.9 Å². The van der Waals surface area contributed by atoms with Gasteiger partial charge in [-0.15, -0.1) is 0 Å². The number of ether oxygens (including phenoxy) is 1. The van der Waals surface area contributed by atoms with Crippen molar-refractivity contribution in [1.29, 1.82) is 0 Å². The van der Waals surface area contributed by atoms with Crippen molar-refractivity contribution in [3.8, 4) is 5.75 Å². The minimum Gasteiger partial charge on any atom is -0.494 e. The van der Waals surface area contributed by atoms with Gasteiger partial charge in [0.2, 0.25) is 5.91 Å². The fraction of sp³-hybridized carbons (Fsp3) is 0.471. The number of unbranched alkanes of at least 4 members (excludes halogenated alkanes) is 1. The highest BCUT2D eigenvalue weighted by molar-refractivity contribution is 5.84. The molecule has 1 aromatic heterocycles. The number of nitrogens with two attached hydrogens (primary N) is 1. The third-order valence-corrected chi connectivity index (χ3v) is 3.59. The van der Waals surface area contributed by atoms with E-state index in [4.69, 9.17) is 10.5 Å². The number of aromatic amines is 1. The first-order valence-electron chi connectivity index (χ1n) is 7.94. The third kappa shape index (κ3) is 4.49. The first-order valence-corrected chi connectivity index (χ1v) is 7.94. The van der Waals surface area contributed by atoms with Gasteiger partial charge in [-0.25, -0.2) is 0 Å². The molecule has 0 saturated carbocycles. The van der Waals surface area contributed by atoms with E-state index in [-0.39, 0.29) is 5.91 Å². The van der Waals surface area contributed by atoms with E-state index in [1.54, 1.807) is 0 Å². The molecule has 0 aliphatic carbocycles. The average Bonchev–Trinajstić information content (AvgIpc) is 2.90. The average molecular weight is 303 g/mol. The maximum absolute atomic E-state index is 11.3. The number of nitrogens with one attached hydrogen (secondary N) is 2. The molecule has 1 aromatic carbocycles. The molecule has 4 N–H and O–H groups in total. The van der Waals surface area contributed by atoms with Crippen molar-refractivity contribution in [2.75, 3.05) is 19.7 Å². The summed E-state index contributed by atoms with van der Waals surface area (Å²) in [4.78, 5) is 14.6. The molecule has 1 heterocycles. The van der Waals surface area contributed by atoms with Crippen LogP contribution in [0.2, 0.25) is 0 Å². The molecule has 5 nitrogen and oxygen atoms in total. The molecule has 0 bridgehead atoms. The molecule has 0 unspecified atom stereocenters. The molecule has 0 spiro atoms. The first kappa shape index (κ1) is 16.4. The lowest BCUT2D eigenvalue weighted by Crippen LogP contribution is -2.22. The summed E-state index contributed by atoms with van der Waals surface area (Å²) in [6, 6.07) is 6.05. The first-order chi connectivity index (χ1) is 10.7. The van der Waals surface area contributed by atoms with Crippen LogP contribution in [0.3, 0.4) is 0 Å². The quantitative estimate of drug-likeness (QED) is 0.622. The van der Waals surface area contributed by atoms with E-state index in [0.717, 1.165) is 30.5 Å². The number of rotatable bonds is 9. The van der Waals surface area contributed by atoms with Crippen LogP contribution in [0.4, 0.5) is 0 Å². The Morgan fingerprint density at radius 3 is 3.00 bits per heavy atom. The van der Waals surface area contributed by atoms with Crippen molar-refractivity contribution in [2.45, 2.75) is 32.6 Å². The number of H-pyrrole nitrogens is 1. The highest BCUT2D eigenvalue weighted by atomic mass is 16.5. The molecule has 2 aromatic rings. The van der Waals surface area contributed by atoms with E-state index < -0.39 is 0 Å². The number of carbonyl (C=O) groups is 1. The van der Waals surface area contributed by atoms with Crippen LogP contribution < -0.4 is 15.8 Å². The van der Waals surface area contributed by atoms with Gasteiger partial charge in [-0.05, 0) is 56.5 Å². The van der Waals surface area contributed by atoms with Crippen molar-refractivity contribution >= 4 is 16.8 Å². The fourth-order valence-corrected chi connectivity index (χ4v) is 2.47. The lowest BCUT2D eigenvalue weighted by atomic mass is 10.1. The molecular weight excluding hydrogens is 278 g/mol. The lowest BCUT2D eigenvalue weighted by Gasteiger charge is -2.07. The summed E-state index contributed by atoms with van der Waals surface area (Å²) in [6.07, 6.45) is 5.15. The van der Waals surface area contributed by atoms with Crippen LogP contribution in [0, 0.1) is 0 Å². The van der Waals surface area contributed by atoms with Gasteiger partial charge >= 0.3 is 0 Å². The molecule has 1 amide bonds. The second-order valence-corrected chi connectivity index (χ2v) is 5.32.